The third-order valence-corrected chi connectivity index (χ3v) is 3.57. The highest BCUT2D eigenvalue weighted by molar-refractivity contribution is 5.68. The van der Waals surface area contributed by atoms with E-state index in [9.17, 15) is 4.79 Å². The summed E-state index contributed by atoms with van der Waals surface area (Å²) in [5.74, 6) is -0.881. The number of rotatable bonds is 4. The molecule has 2 rings (SSSR count). The molecule has 0 amide bonds. The number of hydrogen-bond donors (Lipinski definition) is 1. The van der Waals surface area contributed by atoms with Crippen molar-refractivity contribution >= 4 is 5.97 Å². The number of likely N-dealkylation sites (tertiary alicyclic amines) is 1. The molecule has 0 bridgehead atoms. The van der Waals surface area contributed by atoms with Gasteiger partial charge in [0.2, 0.25) is 0 Å². The first-order valence-corrected chi connectivity index (χ1v) is 6.41. The molecular weight excluding hydrogens is 222 g/mol. The van der Waals surface area contributed by atoms with Gasteiger partial charge in [-0.2, -0.15) is 0 Å². The fourth-order valence-electron chi connectivity index (χ4n) is 2.61. The first kappa shape index (κ1) is 12.8. The monoisotopic (exact) mass is 243 g/mol. The van der Waals surface area contributed by atoms with Gasteiger partial charge in [0, 0.05) is 25.7 Å². The first-order valence-electron chi connectivity index (χ1n) is 6.41. The zero-order valence-corrected chi connectivity index (χ0v) is 10.1. The van der Waals surface area contributed by atoms with Crippen LogP contribution in [0.2, 0.25) is 0 Å². The van der Waals surface area contributed by atoms with Gasteiger partial charge >= 0.3 is 5.97 Å². The minimum absolute atomic E-state index is 0.117. The highest BCUT2D eigenvalue weighted by Crippen LogP contribution is 2.20. The second kappa shape index (κ2) is 6.33. The van der Waals surface area contributed by atoms with Crippen LogP contribution in [-0.2, 0) is 14.3 Å². The van der Waals surface area contributed by atoms with E-state index in [1.165, 1.54) is 6.42 Å². The van der Waals surface area contributed by atoms with E-state index in [1.807, 2.05) is 0 Å². The van der Waals surface area contributed by atoms with Crippen LogP contribution in [0.3, 0.4) is 0 Å². The first-order chi connectivity index (χ1) is 8.25. The van der Waals surface area contributed by atoms with Crippen molar-refractivity contribution in [2.45, 2.75) is 37.8 Å². The second-order valence-corrected chi connectivity index (χ2v) is 4.81. The number of carboxylic acid groups (broad SMARTS) is 1. The molecule has 2 saturated heterocycles. The van der Waals surface area contributed by atoms with Crippen LogP contribution in [0.4, 0.5) is 0 Å². The van der Waals surface area contributed by atoms with Crippen molar-refractivity contribution in [2.75, 3.05) is 32.9 Å². The maximum atomic E-state index is 10.4. The number of carbonyl (C=O) groups is 1. The van der Waals surface area contributed by atoms with Crippen LogP contribution in [-0.4, -0.2) is 61.0 Å². The van der Waals surface area contributed by atoms with Crippen molar-refractivity contribution < 1.29 is 19.4 Å². The summed E-state index contributed by atoms with van der Waals surface area (Å²) in [7, 11) is 0. The van der Waals surface area contributed by atoms with E-state index in [-0.39, 0.29) is 12.7 Å². The molecule has 17 heavy (non-hydrogen) atoms. The Balaban J connectivity index is 1.68. The molecular formula is C12H21NO4. The van der Waals surface area contributed by atoms with Crippen LogP contribution in [0.15, 0.2) is 0 Å². The molecule has 5 heteroatoms. The zero-order chi connectivity index (χ0) is 12.1. The Bertz CT molecular complexity index is 245. The van der Waals surface area contributed by atoms with E-state index < -0.39 is 5.97 Å². The molecule has 0 radical (unpaired) electrons. The summed E-state index contributed by atoms with van der Waals surface area (Å²) in [6, 6.07) is 0.559. The molecule has 0 aromatic heterocycles. The molecule has 1 N–H and O–H groups in total. The van der Waals surface area contributed by atoms with Gasteiger partial charge < -0.3 is 14.6 Å². The van der Waals surface area contributed by atoms with Crippen LogP contribution in [0.1, 0.15) is 25.7 Å². The van der Waals surface area contributed by atoms with Gasteiger partial charge in [0.25, 0.3) is 0 Å². The van der Waals surface area contributed by atoms with Crippen LogP contribution in [0.5, 0.6) is 0 Å². The summed E-state index contributed by atoms with van der Waals surface area (Å²) in [5, 5.41) is 8.55. The largest absolute Gasteiger partial charge is 0.480 e. The van der Waals surface area contributed by atoms with Crippen LogP contribution in [0.25, 0.3) is 0 Å². The van der Waals surface area contributed by atoms with Gasteiger partial charge in [-0.05, 0) is 25.7 Å². The predicted molar refractivity (Wildman–Crippen MR) is 62.0 cm³/mol. The molecule has 1 atom stereocenters. The molecule has 2 aliphatic rings. The average molecular weight is 243 g/mol. The van der Waals surface area contributed by atoms with E-state index in [4.69, 9.17) is 14.6 Å². The number of carboxylic acids is 1. The predicted octanol–water partition coefficient (Wildman–Crippen LogP) is 0.731. The second-order valence-electron chi connectivity index (χ2n) is 4.81. The molecule has 2 fully saturated rings. The average Bonchev–Trinajstić information content (AvgIpc) is 2.38. The molecule has 0 aliphatic carbocycles. The molecule has 0 aromatic rings. The van der Waals surface area contributed by atoms with Crippen molar-refractivity contribution in [3.8, 4) is 0 Å². The van der Waals surface area contributed by atoms with Crippen molar-refractivity contribution in [1.82, 2.24) is 4.90 Å². The SMILES string of the molecule is O=C(O)COC1CCN(C2CCCOC2)CC1. The van der Waals surface area contributed by atoms with Crippen LogP contribution in [0, 0.1) is 0 Å². The van der Waals surface area contributed by atoms with E-state index in [0.29, 0.717) is 6.04 Å². The van der Waals surface area contributed by atoms with Crippen molar-refractivity contribution in [1.29, 1.82) is 0 Å². The smallest absolute Gasteiger partial charge is 0.329 e. The van der Waals surface area contributed by atoms with Gasteiger partial charge in [0.15, 0.2) is 0 Å². The van der Waals surface area contributed by atoms with Gasteiger partial charge in [-0.3, -0.25) is 4.90 Å². The molecule has 5 nitrogen and oxygen atoms in total. The fourth-order valence-corrected chi connectivity index (χ4v) is 2.61. The summed E-state index contributed by atoms with van der Waals surface area (Å²) < 4.78 is 10.8. The Labute approximate surface area is 102 Å². The van der Waals surface area contributed by atoms with Gasteiger partial charge in [-0.15, -0.1) is 0 Å². The Morgan fingerprint density at radius 2 is 2.12 bits per heavy atom. The number of piperidine rings is 1. The third kappa shape index (κ3) is 3.94. The lowest BCUT2D eigenvalue weighted by atomic mass is 10.0. The van der Waals surface area contributed by atoms with Gasteiger partial charge in [0.1, 0.15) is 6.61 Å². The Morgan fingerprint density at radius 3 is 2.71 bits per heavy atom. The molecule has 0 saturated carbocycles. The standard InChI is InChI=1S/C12H21NO4/c14-12(15)9-17-11-3-5-13(6-4-11)10-2-1-7-16-8-10/h10-11H,1-9H2,(H,14,15). The van der Waals surface area contributed by atoms with Crippen molar-refractivity contribution in [2.24, 2.45) is 0 Å². The normalized spacial score (nSPS) is 28.1. The van der Waals surface area contributed by atoms with E-state index in [2.05, 4.69) is 4.90 Å². The fraction of sp³-hybridized carbons (Fsp3) is 0.917. The lowest BCUT2D eigenvalue weighted by molar-refractivity contribution is -0.145. The van der Waals surface area contributed by atoms with Crippen molar-refractivity contribution in [3.63, 3.8) is 0 Å². The van der Waals surface area contributed by atoms with Gasteiger partial charge in [-0.25, -0.2) is 4.79 Å². The lowest BCUT2D eigenvalue weighted by Crippen LogP contribution is -2.47. The third-order valence-electron chi connectivity index (χ3n) is 3.57. The minimum Gasteiger partial charge on any atom is -0.480 e. The molecule has 1 unspecified atom stereocenters. The Hall–Kier alpha value is -0.650. The molecule has 2 heterocycles. The topological polar surface area (TPSA) is 59.0 Å². The maximum absolute atomic E-state index is 10.4. The van der Waals surface area contributed by atoms with Gasteiger partial charge in [-0.1, -0.05) is 0 Å². The number of hydrogen-bond acceptors (Lipinski definition) is 4. The number of aliphatic carboxylic acids is 1. The number of nitrogens with zero attached hydrogens (tertiary/aromatic N) is 1. The zero-order valence-electron chi connectivity index (χ0n) is 10.1. The van der Waals surface area contributed by atoms with E-state index in [0.717, 1.165) is 45.6 Å². The quantitative estimate of drug-likeness (QED) is 0.789. The molecule has 2 aliphatic heterocycles. The molecule has 0 aromatic carbocycles. The minimum atomic E-state index is -0.881. The summed E-state index contributed by atoms with van der Waals surface area (Å²) in [6.07, 6.45) is 4.36. The lowest BCUT2D eigenvalue weighted by Gasteiger charge is -2.38. The summed E-state index contributed by atoms with van der Waals surface area (Å²) in [4.78, 5) is 12.9. The molecule has 98 valence electrons. The molecule has 0 spiro atoms. The highest BCUT2D eigenvalue weighted by Gasteiger charge is 2.27. The number of ether oxygens (including phenoxy) is 2. The summed E-state index contributed by atoms with van der Waals surface area (Å²) in [6.45, 7) is 3.57. The van der Waals surface area contributed by atoms with Crippen LogP contribution < -0.4 is 0 Å². The van der Waals surface area contributed by atoms with Crippen molar-refractivity contribution in [3.05, 3.63) is 0 Å². The summed E-state index contributed by atoms with van der Waals surface area (Å²) in [5.41, 5.74) is 0. The van der Waals surface area contributed by atoms with Gasteiger partial charge in [0.05, 0.1) is 12.7 Å². The highest BCUT2D eigenvalue weighted by atomic mass is 16.5. The maximum Gasteiger partial charge on any atom is 0.329 e. The van der Waals surface area contributed by atoms with E-state index >= 15 is 0 Å². The van der Waals surface area contributed by atoms with Crippen LogP contribution >= 0.6 is 0 Å². The Morgan fingerprint density at radius 1 is 1.35 bits per heavy atom. The Kier molecular flexibility index (Phi) is 4.76. The van der Waals surface area contributed by atoms with E-state index in [1.54, 1.807) is 0 Å². The summed E-state index contributed by atoms with van der Waals surface area (Å²) >= 11 is 0.